The first-order valence-corrected chi connectivity index (χ1v) is 12.5. The summed E-state index contributed by atoms with van der Waals surface area (Å²) in [6, 6.07) is 3.16. The predicted molar refractivity (Wildman–Crippen MR) is 114 cm³/mol. The Morgan fingerprint density at radius 2 is 1.93 bits per heavy atom. The molecule has 3 rings (SSSR count). The summed E-state index contributed by atoms with van der Waals surface area (Å²) in [4.78, 5) is 31.4. The fourth-order valence-electron chi connectivity index (χ4n) is 4.27. The second-order valence-electron chi connectivity index (χ2n) is 8.12. The summed E-state index contributed by atoms with van der Waals surface area (Å²) in [6.07, 6.45) is 7.39. The molecule has 1 aromatic rings. The third-order valence-corrected chi connectivity index (χ3v) is 8.00. The Bertz CT molecular complexity index is 823. The van der Waals surface area contributed by atoms with Gasteiger partial charge in [0.1, 0.15) is 6.04 Å². The van der Waals surface area contributed by atoms with Crippen LogP contribution in [0.15, 0.2) is 24.5 Å². The molecule has 8 nitrogen and oxygen atoms in total. The lowest BCUT2D eigenvalue weighted by Gasteiger charge is -2.39. The molecule has 2 saturated heterocycles. The summed E-state index contributed by atoms with van der Waals surface area (Å²) in [5, 5.41) is 2.95. The van der Waals surface area contributed by atoms with E-state index < -0.39 is 16.1 Å². The Balaban J connectivity index is 1.53. The van der Waals surface area contributed by atoms with Gasteiger partial charge in [-0.15, -0.1) is 0 Å². The van der Waals surface area contributed by atoms with Crippen molar-refractivity contribution in [1.29, 1.82) is 0 Å². The standard InChI is InChI=1S/C21H32N4O4S/c1-2-14-30(28,29)25-11-4-3-7-19(25)21(27)24-12-8-18(9-13-24)20(26)23-16-17-6-5-10-22-15-17/h5-6,10,15,18-19H,2-4,7-9,11-14,16H2,1H3,(H,23,26). The summed E-state index contributed by atoms with van der Waals surface area (Å²) in [6.45, 7) is 3.68. The van der Waals surface area contributed by atoms with Gasteiger partial charge in [-0.3, -0.25) is 14.6 Å². The van der Waals surface area contributed by atoms with Crippen molar-refractivity contribution in [3.8, 4) is 0 Å². The number of likely N-dealkylation sites (tertiary alicyclic amines) is 1. The van der Waals surface area contributed by atoms with Crippen LogP contribution < -0.4 is 5.32 Å². The first-order chi connectivity index (χ1) is 14.4. The minimum Gasteiger partial charge on any atom is -0.352 e. The fraction of sp³-hybridized carbons (Fsp3) is 0.667. The minimum atomic E-state index is -3.41. The quantitative estimate of drug-likeness (QED) is 0.699. The largest absolute Gasteiger partial charge is 0.352 e. The molecule has 2 aliphatic rings. The third kappa shape index (κ3) is 5.57. The number of aromatic nitrogens is 1. The van der Waals surface area contributed by atoms with Gasteiger partial charge in [-0.05, 0) is 43.7 Å². The highest BCUT2D eigenvalue weighted by molar-refractivity contribution is 7.89. The topological polar surface area (TPSA) is 99.7 Å². The number of sulfonamides is 1. The number of hydrogen-bond acceptors (Lipinski definition) is 5. The maximum Gasteiger partial charge on any atom is 0.241 e. The highest BCUT2D eigenvalue weighted by atomic mass is 32.2. The van der Waals surface area contributed by atoms with Crippen LogP contribution >= 0.6 is 0 Å². The van der Waals surface area contributed by atoms with Crippen molar-refractivity contribution < 1.29 is 18.0 Å². The zero-order valence-corrected chi connectivity index (χ0v) is 18.4. The van der Waals surface area contributed by atoms with Gasteiger partial charge in [0.15, 0.2) is 0 Å². The van der Waals surface area contributed by atoms with Gasteiger partial charge in [-0.25, -0.2) is 8.42 Å². The molecule has 30 heavy (non-hydrogen) atoms. The molecule has 0 aromatic carbocycles. The van der Waals surface area contributed by atoms with Crippen molar-refractivity contribution in [2.24, 2.45) is 5.92 Å². The van der Waals surface area contributed by atoms with Crippen LogP contribution in [0.4, 0.5) is 0 Å². The number of rotatable bonds is 7. The summed E-state index contributed by atoms with van der Waals surface area (Å²) < 4.78 is 26.6. The average molecular weight is 437 g/mol. The van der Waals surface area contributed by atoms with Gasteiger partial charge in [-0.1, -0.05) is 19.4 Å². The smallest absolute Gasteiger partial charge is 0.241 e. The van der Waals surface area contributed by atoms with Gasteiger partial charge in [0.05, 0.1) is 5.75 Å². The van der Waals surface area contributed by atoms with E-state index in [2.05, 4.69) is 10.3 Å². The summed E-state index contributed by atoms with van der Waals surface area (Å²) in [7, 11) is -3.41. The fourth-order valence-corrected chi connectivity index (χ4v) is 6.01. The second-order valence-corrected chi connectivity index (χ2v) is 10.2. The molecule has 9 heteroatoms. The number of carbonyl (C=O) groups excluding carboxylic acids is 2. The highest BCUT2D eigenvalue weighted by Crippen LogP contribution is 2.25. The Hall–Kier alpha value is -2.00. The number of nitrogens with zero attached hydrogens (tertiary/aromatic N) is 3. The molecule has 0 saturated carbocycles. The molecule has 166 valence electrons. The highest BCUT2D eigenvalue weighted by Gasteiger charge is 2.39. The average Bonchev–Trinajstić information content (AvgIpc) is 2.78. The van der Waals surface area contributed by atoms with Gasteiger partial charge in [-0.2, -0.15) is 4.31 Å². The van der Waals surface area contributed by atoms with E-state index in [-0.39, 0.29) is 23.5 Å². The van der Waals surface area contributed by atoms with E-state index in [0.29, 0.717) is 51.9 Å². The van der Waals surface area contributed by atoms with Crippen molar-refractivity contribution in [2.45, 2.75) is 58.0 Å². The SMILES string of the molecule is CCCS(=O)(=O)N1CCCCC1C(=O)N1CCC(C(=O)NCc2cccnc2)CC1. The van der Waals surface area contributed by atoms with Crippen LogP contribution in [0.2, 0.25) is 0 Å². The zero-order valence-electron chi connectivity index (χ0n) is 17.6. The van der Waals surface area contributed by atoms with Gasteiger partial charge in [0.2, 0.25) is 21.8 Å². The van der Waals surface area contributed by atoms with Crippen molar-refractivity contribution in [1.82, 2.24) is 19.5 Å². The molecule has 1 unspecified atom stereocenters. The number of amides is 2. The van der Waals surface area contributed by atoms with Crippen LogP contribution in [0.5, 0.6) is 0 Å². The normalized spacial score (nSPS) is 21.4. The van der Waals surface area contributed by atoms with Crippen LogP contribution in [0.1, 0.15) is 51.0 Å². The first-order valence-electron chi connectivity index (χ1n) is 10.9. The predicted octanol–water partition coefficient (Wildman–Crippen LogP) is 1.53. The number of nitrogens with one attached hydrogen (secondary N) is 1. The molecule has 0 spiro atoms. The lowest BCUT2D eigenvalue weighted by atomic mass is 9.94. The van der Waals surface area contributed by atoms with Gasteiger partial charge in [0.25, 0.3) is 0 Å². The van der Waals surface area contributed by atoms with Crippen molar-refractivity contribution in [3.05, 3.63) is 30.1 Å². The number of hydrogen-bond donors (Lipinski definition) is 1. The molecule has 1 aromatic heterocycles. The third-order valence-electron chi connectivity index (χ3n) is 5.93. The molecule has 2 fully saturated rings. The van der Waals surface area contributed by atoms with Crippen LogP contribution in [0.25, 0.3) is 0 Å². The maximum absolute atomic E-state index is 13.1. The first kappa shape index (κ1) is 22.7. The summed E-state index contributed by atoms with van der Waals surface area (Å²) >= 11 is 0. The molecule has 2 amide bonds. The van der Waals surface area contributed by atoms with E-state index in [1.165, 1.54) is 4.31 Å². The molecule has 2 aliphatic heterocycles. The van der Waals surface area contributed by atoms with Crippen molar-refractivity contribution in [3.63, 3.8) is 0 Å². The molecule has 0 radical (unpaired) electrons. The zero-order chi connectivity index (χ0) is 21.6. The van der Waals surface area contributed by atoms with E-state index >= 15 is 0 Å². The molecular formula is C21H32N4O4S. The van der Waals surface area contributed by atoms with Gasteiger partial charge in [0, 0.05) is 44.5 Å². The Labute approximate surface area is 179 Å². The molecule has 0 bridgehead atoms. The Kier molecular flexibility index (Phi) is 7.82. The van der Waals surface area contributed by atoms with Crippen LogP contribution in [-0.2, 0) is 26.2 Å². The number of pyridine rings is 1. The monoisotopic (exact) mass is 436 g/mol. The number of carbonyl (C=O) groups is 2. The lowest BCUT2D eigenvalue weighted by Crippen LogP contribution is -2.55. The molecule has 0 aliphatic carbocycles. The van der Waals surface area contributed by atoms with E-state index in [1.54, 1.807) is 17.3 Å². The minimum absolute atomic E-state index is 0.00392. The van der Waals surface area contributed by atoms with Gasteiger partial charge < -0.3 is 10.2 Å². The number of piperidine rings is 2. The van der Waals surface area contributed by atoms with Crippen LogP contribution in [-0.4, -0.2) is 65.9 Å². The van der Waals surface area contributed by atoms with E-state index in [9.17, 15) is 18.0 Å². The lowest BCUT2D eigenvalue weighted by molar-refractivity contribution is -0.139. The Morgan fingerprint density at radius 1 is 1.17 bits per heavy atom. The van der Waals surface area contributed by atoms with E-state index in [0.717, 1.165) is 18.4 Å². The molecule has 1 atom stereocenters. The molecular weight excluding hydrogens is 404 g/mol. The van der Waals surface area contributed by atoms with Crippen molar-refractivity contribution >= 4 is 21.8 Å². The van der Waals surface area contributed by atoms with Crippen molar-refractivity contribution in [2.75, 3.05) is 25.4 Å². The van der Waals surface area contributed by atoms with Crippen LogP contribution in [0.3, 0.4) is 0 Å². The van der Waals surface area contributed by atoms with Gasteiger partial charge >= 0.3 is 0 Å². The summed E-state index contributed by atoms with van der Waals surface area (Å²) in [5.41, 5.74) is 0.948. The molecule has 3 heterocycles. The van der Waals surface area contributed by atoms with E-state index in [4.69, 9.17) is 0 Å². The second kappa shape index (κ2) is 10.3. The Morgan fingerprint density at radius 3 is 2.60 bits per heavy atom. The summed E-state index contributed by atoms with van der Waals surface area (Å²) in [5.74, 6) is -0.160. The van der Waals surface area contributed by atoms with E-state index in [1.807, 2.05) is 19.1 Å². The maximum atomic E-state index is 13.1. The molecule has 1 N–H and O–H groups in total. The van der Waals surface area contributed by atoms with Crippen LogP contribution in [0, 0.1) is 5.92 Å².